The number of likely N-dealkylation sites (N-methyl/N-ethyl adjacent to an activating group) is 1. The minimum absolute atomic E-state index is 0.147. The first-order valence-corrected chi connectivity index (χ1v) is 7.68. The van der Waals surface area contributed by atoms with Gasteiger partial charge in [-0.05, 0) is 19.1 Å². The van der Waals surface area contributed by atoms with Gasteiger partial charge in [0, 0.05) is 23.2 Å². The molecule has 1 amide bonds. The van der Waals surface area contributed by atoms with Crippen molar-refractivity contribution in [3.8, 4) is 0 Å². The van der Waals surface area contributed by atoms with Crippen molar-refractivity contribution < 1.29 is 23.1 Å². The van der Waals surface area contributed by atoms with Gasteiger partial charge in [0.15, 0.2) is 0 Å². The van der Waals surface area contributed by atoms with E-state index in [1.54, 1.807) is 6.92 Å². The second-order valence-corrected chi connectivity index (χ2v) is 5.99. The largest absolute Gasteiger partial charge is 0.416 e. The molecule has 0 spiro atoms. The Balaban J connectivity index is 2.48. The summed E-state index contributed by atoms with van der Waals surface area (Å²) in [4.78, 5) is 13.9. The van der Waals surface area contributed by atoms with E-state index < -0.39 is 17.6 Å². The second-order valence-electron chi connectivity index (χ2n) is 4.56. The molecule has 1 N–H and O–H groups in total. The number of alkyl halides is 3. The molecule has 1 aromatic carbocycles. The highest BCUT2D eigenvalue weighted by Gasteiger charge is 2.31. The fourth-order valence-electron chi connectivity index (χ4n) is 2.05. The van der Waals surface area contributed by atoms with Gasteiger partial charge in [-0.15, -0.1) is 11.3 Å². The van der Waals surface area contributed by atoms with Crippen LogP contribution < -0.4 is 0 Å². The van der Waals surface area contributed by atoms with Crippen LogP contribution in [0.3, 0.4) is 0 Å². The first-order chi connectivity index (χ1) is 10.3. The van der Waals surface area contributed by atoms with Crippen LogP contribution in [0, 0.1) is 0 Å². The lowest BCUT2D eigenvalue weighted by Crippen LogP contribution is -2.32. The van der Waals surface area contributed by atoms with E-state index in [2.05, 4.69) is 0 Å². The number of amides is 1. The number of hydrogen-bond donors (Lipinski definition) is 1. The molecule has 0 aliphatic heterocycles. The minimum atomic E-state index is -4.44. The number of aliphatic hydroxyl groups excluding tert-OH is 1. The monoisotopic (exact) mass is 351 g/mol. The van der Waals surface area contributed by atoms with E-state index in [1.165, 1.54) is 11.0 Å². The van der Waals surface area contributed by atoms with Gasteiger partial charge < -0.3 is 10.0 Å². The van der Waals surface area contributed by atoms with Crippen molar-refractivity contribution in [2.24, 2.45) is 0 Å². The molecule has 2 aromatic rings. The molecule has 0 saturated heterocycles. The molecule has 0 aliphatic carbocycles. The van der Waals surface area contributed by atoms with Gasteiger partial charge in [-0.25, -0.2) is 0 Å². The fraction of sp³-hybridized carbons (Fsp3) is 0.357. The van der Waals surface area contributed by atoms with Crippen molar-refractivity contribution in [3.63, 3.8) is 0 Å². The summed E-state index contributed by atoms with van der Waals surface area (Å²) in [7, 11) is 0. The van der Waals surface area contributed by atoms with Gasteiger partial charge in [0.1, 0.15) is 4.88 Å². The van der Waals surface area contributed by atoms with Gasteiger partial charge in [0.2, 0.25) is 0 Å². The maximum atomic E-state index is 12.7. The van der Waals surface area contributed by atoms with E-state index in [1.807, 2.05) is 0 Å². The maximum Gasteiger partial charge on any atom is 0.416 e. The Hall–Kier alpha value is -1.31. The Bertz CT molecular complexity index is 699. The Kier molecular flexibility index (Phi) is 4.99. The van der Waals surface area contributed by atoms with Crippen LogP contribution in [0.15, 0.2) is 18.2 Å². The third kappa shape index (κ3) is 3.21. The molecule has 0 saturated carbocycles. The summed E-state index contributed by atoms with van der Waals surface area (Å²) < 4.78 is 38.5. The molecule has 120 valence electrons. The summed E-state index contributed by atoms with van der Waals surface area (Å²) >= 11 is 7.07. The third-order valence-electron chi connectivity index (χ3n) is 3.19. The van der Waals surface area contributed by atoms with Crippen LogP contribution in [0.2, 0.25) is 5.02 Å². The first kappa shape index (κ1) is 17.1. The Morgan fingerprint density at radius 2 is 2.09 bits per heavy atom. The maximum absolute atomic E-state index is 12.7. The number of benzene rings is 1. The second kappa shape index (κ2) is 6.44. The molecule has 8 heteroatoms. The number of carbonyl (C=O) groups is 1. The average Bonchev–Trinajstić information content (AvgIpc) is 2.80. The van der Waals surface area contributed by atoms with Crippen molar-refractivity contribution in [3.05, 3.63) is 33.7 Å². The number of rotatable bonds is 4. The molecule has 0 unspecified atom stereocenters. The molecule has 2 rings (SSSR count). The summed E-state index contributed by atoms with van der Waals surface area (Å²) in [6.45, 7) is 2.07. The molecule has 0 atom stereocenters. The molecular formula is C14H13ClF3NO2S. The highest BCUT2D eigenvalue weighted by molar-refractivity contribution is 7.21. The van der Waals surface area contributed by atoms with Crippen LogP contribution in [-0.2, 0) is 6.18 Å². The number of carbonyl (C=O) groups excluding carboxylic acids is 1. The number of halogens is 4. The molecule has 22 heavy (non-hydrogen) atoms. The number of hydrogen-bond acceptors (Lipinski definition) is 3. The zero-order valence-corrected chi connectivity index (χ0v) is 13.1. The summed E-state index contributed by atoms with van der Waals surface area (Å²) in [6.07, 6.45) is -4.44. The molecule has 0 fully saturated rings. The molecule has 1 aromatic heterocycles. The number of nitrogens with zero attached hydrogens (tertiary/aromatic N) is 1. The topological polar surface area (TPSA) is 40.5 Å². The summed E-state index contributed by atoms with van der Waals surface area (Å²) in [5.41, 5.74) is -0.778. The van der Waals surface area contributed by atoms with E-state index in [-0.39, 0.29) is 23.1 Å². The van der Waals surface area contributed by atoms with Gasteiger partial charge in [0.05, 0.1) is 17.2 Å². The zero-order chi connectivity index (χ0) is 16.5. The van der Waals surface area contributed by atoms with Crippen LogP contribution in [0.4, 0.5) is 13.2 Å². The predicted octanol–water partition coefficient (Wildman–Crippen LogP) is 4.03. The number of fused-ring (bicyclic) bond motifs is 1. The highest BCUT2D eigenvalue weighted by atomic mass is 35.5. The fourth-order valence-corrected chi connectivity index (χ4v) is 3.57. The van der Waals surface area contributed by atoms with Crippen molar-refractivity contribution >= 4 is 38.9 Å². The number of aliphatic hydroxyl groups is 1. The summed E-state index contributed by atoms with van der Waals surface area (Å²) in [5.74, 6) is -0.392. The van der Waals surface area contributed by atoms with E-state index in [4.69, 9.17) is 16.7 Å². The smallest absolute Gasteiger partial charge is 0.395 e. The van der Waals surface area contributed by atoms with E-state index in [0.717, 1.165) is 23.5 Å². The lowest BCUT2D eigenvalue weighted by Gasteiger charge is -2.18. The Morgan fingerprint density at radius 1 is 1.41 bits per heavy atom. The Labute approximate surface area is 133 Å². The summed E-state index contributed by atoms with van der Waals surface area (Å²) in [6, 6.07) is 3.21. The summed E-state index contributed by atoms with van der Waals surface area (Å²) in [5, 5.41) is 9.52. The molecule has 3 nitrogen and oxygen atoms in total. The van der Waals surface area contributed by atoms with Gasteiger partial charge in [-0.1, -0.05) is 17.7 Å². The molecule has 0 aliphatic rings. The first-order valence-electron chi connectivity index (χ1n) is 6.49. The quantitative estimate of drug-likeness (QED) is 0.903. The van der Waals surface area contributed by atoms with Crippen LogP contribution in [0.25, 0.3) is 10.1 Å². The van der Waals surface area contributed by atoms with Crippen LogP contribution >= 0.6 is 22.9 Å². The predicted molar refractivity (Wildman–Crippen MR) is 80.5 cm³/mol. The average molecular weight is 352 g/mol. The molecule has 1 heterocycles. The minimum Gasteiger partial charge on any atom is -0.395 e. The standard InChI is InChI=1S/C14H13ClF3NO2S/c1-2-19(5-6-20)13(21)12-11(15)9-4-3-8(14(16,17)18)7-10(9)22-12/h3-4,7,20H,2,5-6H2,1H3. The molecule has 0 radical (unpaired) electrons. The van der Waals surface area contributed by atoms with Crippen molar-refractivity contribution in [1.82, 2.24) is 4.90 Å². The number of thiophene rings is 1. The van der Waals surface area contributed by atoms with Gasteiger partial charge >= 0.3 is 6.18 Å². The van der Waals surface area contributed by atoms with Crippen LogP contribution in [-0.4, -0.2) is 35.6 Å². The lowest BCUT2D eigenvalue weighted by atomic mass is 10.1. The van der Waals surface area contributed by atoms with Crippen LogP contribution in [0.1, 0.15) is 22.2 Å². The van der Waals surface area contributed by atoms with Crippen LogP contribution in [0.5, 0.6) is 0 Å². The van der Waals surface area contributed by atoms with Crippen molar-refractivity contribution in [1.29, 1.82) is 0 Å². The van der Waals surface area contributed by atoms with E-state index >= 15 is 0 Å². The highest BCUT2D eigenvalue weighted by Crippen LogP contribution is 2.39. The van der Waals surface area contributed by atoms with Gasteiger partial charge in [-0.2, -0.15) is 13.2 Å². The normalized spacial score (nSPS) is 11.9. The zero-order valence-electron chi connectivity index (χ0n) is 11.6. The lowest BCUT2D eigenvalue weighted by molar-refractivity contribution is -0.137. The SMILES string of the molecule is CCN(CCO)C(=O)c1sc2cc(C(F)(F)F)ccc2c1Cl. The third-order valence-corrected chi connectivity index (χ3v) is 4.84. The Morgan fingerprint density at radius 3 is 2.64 bits per heavy atom. The van der Waals surface area contributed by atoms with Gasteiger partial charge in [0.25, 0.3) is 5.91 Å². The van der Waals surface area contributed by atoms with E-state index in [9.17, 15) is 18.0 Å². The van der Waals surface area contributed by atoms with Crippen molar-refractivity contribution in [2.75, 3.05) is 19.7 Å². The van der Waals surface area contributed by atoms with Gasteiger partial charge in [-0.3, -0.25) is 4.79 Å². The van der Waals surface area contributed by atoms with E-state index in [0.29, 0.717) is 16.6 Å². The molecular weight excluding hydrogens is 339 g/mol. The van der Waals surface area contributed by atoms with Crippen molar-refractivity contribution in [2.45, 2.75) is 13.1 Å². The molecule has 0 bridgehead atoms.